The summed E-state index contributed by atoms with van der Waals surface area (Å²) in [6, 6.07) is 7.76. The van der Waals surface area contributed by atoms with E-state index in [0.717, 1.165) is 50.0 Å². The molecule has 1 aliphatic carbocycles. The van der Waals surface area contributed by atoms with Gasteiger partial charge in [0.2, 0.25) is 11.8 Å². The molecule has 0 atom stereocenters. The number of anilines is 1. The molecule has 5 nitrogen and oxygen atoms in total. The summed E-state index contributed by atoms with van der Waals surface area (Å²) in [4.78, 5) is 27.7. The molecule has 1 aromatic carbocycles. The number of nitrogens with zero attached hydrogens (tertiary/aromatic N) is 1. The van der Waals surface area contributed by atoms with Crippen molar-refractivity contribution in [2.45, 2.75) is 70.3 Å². The van der Waals surface area contributed by atoms with Gasteiger partial charge < -0.3 is 10.6 Å². The van der Waals surface area contributed by atoms with E-state index in [2.05, 4.69) is 15.5 Å². The Hall–Kier alpha value is -1.88. The van der Waals surface area contributed by atoms with Crippen LogP contribution in [-0.4, -0.2) is 41.9 Å². The Labute approximate surface area is 162 Å². The first-order valence-corrected chi connectivity index (χ1v) is 10.5. The Morgan fingerprint density at radius 3 is 2.44 bits per heavy atom. The summed E-state index contributed by atoms with van der Waals surface area (Å²) in [5.41, 5.74) is 1.58. The Morgan fingerprint density at radius 2 is 1.74 bits per heavy atom. The third kappa shape index (κ3) is 5.10. The lowest BCUT2D eigenvalue weighted by atomic mass is 9.78. The van der Waals surface area contributed by atoms with Gasteiger partial charge in [-0.05, 0) is 63.4 Å². The predicted molar refractivity (Wildman–Crippen MR) is 109 cm³/mol. The number of aryl methyl sites for hydroxylation is 1. The summed E-state index contributed by atoms with van der Waals surface area (Å²) in [5.74, 6) is 0.0732. The molecule has 3 rings (SSSR count). The molecule has 1 aliphatic heterocycles. The van der Waals surface area contributed by atoms with Crippen molar-refractivity contribution in [2.75, 3.05) is 25.0 Å². The maximum absolute atomic E-state index is 13.1. The van der Waals surface area contributed by atoms with Crippen LogP contribution in [0.15, 0.2) is 24.3 Å². The van der Waals surface area contributed by atoms with Crippen molar-refractivity contribution in [3.63, 3.8) is 0 Å². The number of piperidine rings is 1. The molecule has 2 fully saturated rings. The number of rotatable bonds is 6. The molecule has 1 saturated carbocycles. The van der Waals surface area contributed by atoms with Gasteiger partial charge in [0, 0.05) is 18.7 Å². The van der Waals surface area contributed by atoms with Crippen LogP contribution in [0.4, 0.5) is 5.69 Å². The third-order valence-electron chi connectivity index (χ3n) is 6.00. The average molecular weight is 372 g/mol. The zero-order valence-electron chi connectivity index (χ0n) is 16.6. The van der Waals surface area contributed by atoms with E-state index in [1.54, 1.807) is 0 Å². The molecular weight excluding hydrogens is 338 g/mol. The van der Waals surface area contributed by atoms with E-state index >= 15 is 0 Å². The highest BCUT2D eigenvalue weighted by molar-refractivity contribution is 5.92. The molecule has 148 valence electrons. The summed E-state index contributed by atoms with van der Waals surface area (Å²) >= 11 is 0. The van der Waals surface area contributed by atoms with Crippen molar-refractivity contribution in [2.24, 2.45) is 0 Å². The molecule has 0 radical (unpaired) electrons. The first kappa shape index (κ1) is 19.9. The SMILES string of the molecule is Cc1cccc(NC(=O)CCNC(=O)C2(N3CCCCC3)CCCCC2)c1. The smallest absolute Gasteiger partial charge is 0.240 e. The minimum Gasteiger partial charge on any atom is -0.354 e. The van der Waals surface area contributed by atoms with Gasteiger partial charge in [0.05, 0.1) is 0 Å². The van der Waals surface area contributed by atoms with Gasteiger partial charge in [0.15, 0.2) is 0 Å². The topological polar surface area (TPSA) is 61.4 Å². The second kappa shape index (κ2) is 9.36. The predicted octanol–water partition coefficient (Wildman–Crippen LogP) is 3.63. The summed E-state index contributed by atoms with van der Waals surface area (Å²) in [6.07, 6.45) is 9.32. The van der Waals surface area contributed by atoms with E-state index in [1.807, 2.05) is 31.2 Å². The monoisotopic (exact) mass is 371 g/mol. The zero-order chi connectivity index (χ0) is 19.1. The molecule has 27 heavy (non-hydrogen) atoms. The number of hydrogen-bond acceptors (Lipinski definition) is 3. The molecule has 5 heteroatoms. The van der Waals surface area contributed by atoms with Crippen molar-refractivity contribution in [3.8, 4) is 0 Å². The van der Waals surface area contributed by atoms with Crippen molar-refractivity contribution in [1.82, 2.24) is 10.2 Å². The van der Waals surface area contributed by atoms with Gasteiger partial charge in [-0.3, -0.25) is 14.5 Å². The second-order valence-corrected chi connectivity index (χ2v) is 8.06. The lowest BCUT2D eigenvalue weighted by Gasteiger charge is -2.46. The van der Waals surface area contributed by atoms with Crippen LogP contribution in [0.25, 0.3) is 0 Å². The summed E-state index contributed by atoms with van der Waals surface area (Å²) in [6.45, 7) is 4.45. The van der Waals surface area contributed by atoms with Gasteiger partial charge in [0.1, 0.15) is 5.54 Å². The van der Waals surface area contributed by atoms with Crippen molar-refractivity contribution < 1.29 is 9.59 Å². The summed E-state index contributed by atoms with van der Waals surface area (Å²) in [5, 5.41) is 5.99. The molecule has 0 spiro atoms. The number of amides is 2. The molecule has 2 N–H and O–H groups in total. The molecule has 2 amide bonds. The average Bonchev–Trinajstić information content (AvgIpc) is 2.69. The second-order valence-electron chi connectivity index (χ2n) is 8.06. The molecule has 0 aromatic heterocycles. The van der Waals surface area contributed by atoms with Gasteiger partial charge in [-0.25, -0.2) is 0 Å². The fourth-order valence-corrected chi connectivity index (χ4v) is 4.55. The lowest BCUT2D eigenvalue weighted by molar-refractivity contribution is -0.137. The minimum atomic E-state index is -0.342. The largest absolute Gasteiger partial charge is 0.354 e. The maximum atomic E-state index is 13.1. The highest BCUT2D eigenvalue weighted by Gasteiger charge is 2.44. The molecule has 0 unspecified atom stereocenters. The number of benzene rings is 1. The Bertz CT molecular complexity index is 647. The van der Waals surface area contributed by atoms with Gasteiger partial charge >= 0.3 is 0 Å². The van der Waals surface area contributed by atoms with Crippen LogP contribution in [-0.2, 0) is 9.59 Å². The highest BCUT2D eigenvalue weighted by atomic mass is 16.2. The van der Waals surface area contributed by atoms with Crippen LogP contribution in [0.2, 0.25) is 0 Å². The number of nitrogens with one attached hydrogen (secondary N) is 2. The highest BCUT2D eigenvalue weighted by Crippen LogP contribution is 2.35. The van der Waals surface area contributed by atoms with Crippen LogP contribution in [0, 0.1) is 6.92 Å². The van der Waals surface area contributed by atoms with Crippen LogP contribution in [0.3, 0.4) is 0 Å². The Morgan fingerprint density at radius 1 is 1.04 bits per heavy atom. The van der Waals surface area contributed by atoms with Crippen LogP contribution < -0.4 is 10.6 Å². The Balaban J connectivity index is 1.52. The summed E-state index contributed by atoms with van der Waals surface area (Å²) < 4.78 is 0. The number of carbonyl (C=O) groups is 2. The van der Waals surface area contributed by atoms with E-state index in [4.69, 9.17) is 0 Å². The summed E-state index contributed by atoms with van der Waals surface area (Å²) in [7, 11) is 0. The van der Waals surface area contributed by atoms with E-state index in [9.17, 15) is 9.59 Å². The quantitative estimate of drug-likeness (QED) is 0.803. The molecule has 1 saturated heterocycles. The zero-order valence-corrected chi connectivity index (χ0v) is 16.6. The first-order chi connectivity index (χ1) is 13.1. The fourth-order valence-electron chi connectivity index (χ4n) is 4.55. The lowest BCUT2D eigenvalue weighted by Crippen LogP contribution is -2.61. The minimum absolute atomic E-state index is 0.0587. The van der Waals surface area contributed by atoms with Gasteiger partial charge in [-0.15, -0.1) is 0 Å². The fraction of sp³-hybridized carbons (Fsp3) is 0.636. The van der Waals surface area contributed by atoms with Crippen LogP contribution in [0.1, 0.15) is 63.4 Å². The van der Waals surface area contributed by atoms with Gasteiger partial charge in [-0.1, -0.05) is 37.8 Å². The number of likely N-dealkylation sites (tertiary alicyclic amines) is 1. The normalized spacial score (nSPS) is 20.0. The molecule has 1 aromatic rings. The van der Waals surface area contributed by atoms with E-state index in [1.165, 1.54) is 25.7 Å². The first-order valence-electron chi connectivity index (χ1n) is 10.5. The standard InChI is InChI=1S/C22H33N3O2/c1-18-9-8-10-19(17-18)24-20(26)11-14-23-21(27)22(12-4-2-5-13-22)25-15-6-3-7-16-25/h8-10,17H,2-7,11-16H2,1H3,(H,23,27)(H,24,26). The van der Waals surface area contributed by atoms with Crippen LogP contribution >= 0.6 is 0 Å². The van der Waals surface area contributed by atoms with Crippen molar-refractivity contribution in [3.05, 3.63) is 29.8 Å². The van der Waals surface area contributed by atoms with E-state index in [-0.39, 0.29) is 17.4 Å². The molecule has 2 aliphatic rings. The number of hydrogen-bond donors (Lipinski definition) is 2. The maximum Gasteiger partial charge on any atom is 0.240 e. The van der Waals surface area contributed by atoms with Gasteiger partial charge in [0.25, 0.3) is 0 Å². The van der Waals surface area contributed by atoms with E-state index in [0.29, 0.717) is 13.0 Å². The van der Waals surface area contributed by atoms with Crippen LogP contribution in [0.5, 0.6) is 0 Å². The van der Waals surface area contributed by atoms with Gasteiger partial charge in [-0.2, -0.15) is 0 Å². The molecule has 1 heterocycles. The van der Waals surface area contributed by atoms with Crippen molar-refractivity contribution >= 4 is 17.5 Å². The third-order valence-corrected chi connectivity index (χ3v) is 6.00. The van der Waals surface area contributed by atoms with E-state index < -0.39 is 0 Å². The van der Waals surface area contributed by atoms with Crippen molar-refractivity contribution in [1.29, 1.82) is 0 Å². The number of carbonyl (C=O) groups excluding carboxylic acids is 2. The Kier molecular flexibility index (Phi) is 6.89. The molecule has 0 bridgehead atoms. The molecular formula is C22H33N3O2.